The first-order valence-corrected chi connectivity index (χ1v) is 8.34. The first-order chi connectivity index (χ1) is 11.3. The zero-order valence-electron chi connectivity index (χ0n) is 12.6. The number of nitrogens with zero attached hydrogens (tertiary/aromatic N) is 2. The molecule has 1 amide bonds. The molecule has 1 aromatic carbocycles. The monoisotopic (exact) mass is 323 g/mol. The zero-order valence-corrected chi connectivity index (χ0v) is 13.4. The van der Waals surface area contributed by atoms with Crippen LogP contribution in [0.1, 0.15) is 17.7 Å². The summed E-state index contributed by atoms with van der Waals surface area (Å²) in [7, 11) is 0. The standard InChI is InChI=1S/C18H17N3OS/c22-17(20-12-14-4-2-1-3-5-14)7-6-16-13-23-18(21-16)15-8-10-19-11-9-15/h1-5,8-11,13H,6-7,12H2,(H,20,22). The lowest BCUT2D eigenvalue weighted by Crippen LogP contribution is -2.22. The fourth-order valence-corrected chi connectivity index (χ4v) is 3.04. The Kier molecular flexibility index (Phi) is 5.11. The molecule has 4 nitrogen and oxygen atoms in total. The van der Waals surface area contributed by atoms with E-state index >= 15 is 0 Å². The minimum atomic E-state index is 0.0484. The van der Waals surface area contributed by atoms with Gasteiger partial charge in [-0.25, -0.2) is 4.98 Å². The number of benzene rings is 1. The van der Waals surface area contributed by atoms with Crippen LogP contribution in [0, 0.1) is 0 Å². The molecule has 0 spiro atoms. The summed E-state index contributed by atoms with van der Waals surface area (Å²) in [5.74, 6) is 0.0484. The molecule has 0 aliphatic rings. The highest BCUT2D eigenvalue weighted by Crippen LogP contribution is 2.23. The molecule has 0 aliphatic carbocycles. The number of nitrogens with one attached hydrogen (secondary N) is 1. The number of carbonyl (C=O) groups is 1. The van der Waals surface area contributed by atoms with Gasteiger partial charge in [0.05, 0.1) is 5.69 Å². The van der Waals surface area contributed by atoms with Crippen molar-refractivity contribution in [2.45, 2.75) is 19.4 Å². The van der Waals surface area contributed by atoms with Gasteiger partial charge in [0.25, 0.3) is 0 Å². The van der Waals surface area contributed by atoms with E-state index in [0.29, 0.717) is 19.4 Å². The lowest BCUT2D eigenvalue weighted by Gasteiger charge is -2.04. The van der Waals surface area contributed by atoms with Gasteiger partial charge >= 0.3 is 0 Å². The van der Waals surface area contributed by atoms with E-state index in [4.69, 9.17) is 0 Å². The van der Waals surface area contributed by atoms with Crippen LogP contribution in [0.4, 0.5) is 0 Å². The molecule has 0 aliphatic heterocycles. The van der Waals surface area contributed by atoms with Crippen LogP contribution in [0.2, 0.25) is 0 Å². The smallest absolute Gasteiger partial charge is 0.220 e. The lowest BCUT2D eigenvalue weighted by atomic mass is 10.2. The van der Waals surface area contributed by atoms with Crippen molar-refractivity contribution < 1.29 is 4.79 Å². The van der Waals surface area contributed by atoms with Gasteiger partial charge in [0, 0.05) is 36.3 Å². The molecule has 0 saturated carbocycles. The van der Waals surface area contributed by atoms with Crippen LogP contribution in [0.15, 0.2) is 60.2 Å². The van der Waals surface area contributed by atoms with E-state index in [1.165, 1.54) is 0 Å². The van der Waals surface area contributed by atoms with E-state index in [2.05, 4.69) is 15.3 Å². The van der Waals surface area contributed by atoms with Gasteiger partial charge in [0.2, 0.25) is 5.91 Å². The maximum Gasteiger partial charge on any atom is 0.220 e. The van der Waals surface area contributed by atoms with Crippen LogP contribution in [-0.4, -0.2) is 15.9 Å². The Morgan fingerprint density at radius 3 is 2.65 bits per heavy atom. The van der Waals surface area contributed by atoms with Crippen molar-refractivity contribution in [1.82, 2.24) is 15.3 Å². The highest BCUT2D eigenvalue weighted by atomic mass is 32.1. The second-order valence-corrected chi connectivity index (χ2v) is 6.00. The highest BCUT2D eigenvalue weighted by molar-refractivity contribution is 7.13. The number of carbonyl (C=O) groups excluding carboxylic acids is 1. The summed E-state index contributed by atoms with van der Waals surface area (Å²) >= 11 is 1.59. The number of thiazole rings is 1. The summed E-state index contributed by atoms with van der Waals surface area (Å²) in [6.07, 6.45) is 4.62. The maximum atomic E-state index is 11.9. The number of pyridine rings is 1. The number of aryl methyl sites for hydroxylation is 1. The van der Waals surface area contributed by atoms with Crippen LogP contribution in [0.3, 0.4) is 0 Å². The molecule has 116 valence electrons. The molecule has 5 heteroatoms. The molecule has 2 aromatic heterocycles. The Morgan fingerprint density at radius 2 is 1.87 bits per heavy atom. The van der Waals surface area contributed by atoms with E-state index in [-0.39, 0.29) is 5.91 Å². The van der Waals surface area contributed by atoms with Gasteiger partial charge in [-0.2, -0.15) is 0 Å². The summed E-state index contributed by atoms with van der Waals surface area (Å²) in [5.41, 5.74) is 3.12. The normalized spacial score (nSPS) is 10.4. The van der Waals surface area contributed by atoms with Gasteiger partial charge in [0.15, 0.2) is 0 Å². The van der Waals surface area contributed by atoms with Crippen molar-refractivity contribution in [2.75, 3.05) is 0 Å². The molecule has 0 unspecified atom stereocenters. The van der Waals surface area contributed by atoms with Crippen molar-refractivity contribution in [3.63, 3.8) is 0 Å². The third-order valence-corrected chi connectivity index (χ3v) is 4.36. The van der Waals surface area contributed by atoms with Crippen LogP contribution in [0.25, 0.3) is 10.6 Å². The van der Waals surface area contributed by atoms with Crippen LogP contribution in [-0.2, 0) is 17.8 Å². The lowest BCUT2D eigenvalue weighted by molar-refractivity contribution is -0.121. The van der Waals surface area contributed by atoms with Crippen molar-refractivity contribution in [1.29, 1.82) is 0 Å². The summed E-state index contributed by atoms with van der Waals surface area (Å²) in [5, 5.41) is 5.92. The third-order valence-electron chi connectivity index (χ3n) is 3.42. The van der Waals surface area contributed by atoms with Crippen LogP contribution < -0.4 is 5.32 Å². The summed E-state index contributed by atoms with van der Waals surface area (Å²) < 4.78 is 0. The number of rotatable bonds is 6. The molecule has 0 bridgehead atoms. The fourth-order valence-electron chi connectivity index (χ4n) is 2.18. The molecule has 23 heavy (non-hydrogen) atoms. The molecule has 0 saturated heterocycles. The molecule has 3 aromatic rings. The number of amides is 1. The van der Waals surface area contributed by atoms with Gasteiger partial charge in [-0.15, -0.1) is 11.3 Å². The molecular weight excluding hydrogens is 306 g/mol. The third kappa shape index (κ3) is 4.47. The second-order valence-electron chi connectivity index (χ2n) is 5.14. The molecule has 2 heterocycles. The number of aromatic nitrogens is 2. The van der Waals surface area contributed by atoms with Crippen LogP contribution in [0.5, 0.6) is 0 Å². The Balaban J connectivity index is 1.49. The van der Waals surface area contributed by atoms with Gasteiger partial charge in [-0.1, -0.05) is 30.3 Å². The predicted molar refractivity (Wildman–Crippen MR) is 92.0 cm³/mol. The molecule has 1 N–H and O–H groups in total. The average molecular weight is 323 g/mol. The first-order valence-electron chi connectivity index (χ1n) is 7.47. The summed E-state index contributed by atoms with van der Waals surface area (Å²) in [4.78, 5) is 20.5. The largest absolute Gasteiger partial charge is 0.352 e. The van der Waals surface area contributed by atoms with Crippen molar-refractivity contribution in [2.24, 2.45) is 0 Å². The Hall–Kier alpha value is -2.53. The van der Waals surface area contributed by atoms with Crippen LogP contribution >= 0.6 is 11.3 Å². The van der Waals surface area contributed by atoms with E-state index in [0.717, 1.165) is 21.8 Å². The maximum absolute atomic E-state index is 11.9. The van der Waals surface area contributed by atoms with Crippen molar-refractivity contribution in [3.05, 3.63) is 71.5 Å². The number of hydrogen-bond donors (Lipinski definition) is 1. The minimum Gasteiger partial charge on any atom is -0.352 e. The second kappa shape index (κ2) is 7.65. The van der Waals surface area contributed by atoms with E-state index in [9.17, 15) is 4.79 Å². The van der Waals surface area contributed by atoms with E-state index in [1.807, 2.05) is 47.8 Å². The Labute approximate surface area is 139 Å². The molecule has 0 atom stereocenters. The van der Waals surface area contributed by atoms with E-state index < -0.39 is 0 Å². The molecule has 0 radical (unpaired) electrons. The Morgan fingerprint density at radius 1 is 1.09 bits per heavy atom. The van der Waals surface area contributed by atoms with Gasteiger partial charge < -0.3 is 5.32 Å². The molecule has 3 rings (SSSR count). The zero-order chi connectivity index (χ0) is 15.9. The topological polar surface area (TPSA) is 54.9 Å². The van der Waals surface area contributed by atoms with Gasteiger partial charge in [0.1, 0.15) is 5.01 Å². The fraction of sp³-hybridized carbons (Fsp3) is 0.167. The van der Waals surface area contributed by atoms with Crippen molar-refractivity contribution >= 4 is 17.2 Å². The highest BCUT2D eigenvalue weighted by Gasteiger charge is 2.07. The first kappa shape index (κ1) is 15.4. The van der Waals surface area contributed by atoms with Crippen molar-refractivity contribution in [3.8, 4) is 10.6 Å². The summed E-state index contributed by atoms with van der Waals surface area (Å²) in [6, 6.07) is 13.8. The van der Waals surface area contributed by atoms with E-state index in [1.54, 1.807) is 23.7 Å². The minimum absolute atomic E-state index is 0.0484. The quantitative estimate of drug-likeness (QED) is 0.756. The number of hydrogen-bond acceptors (Lipinski definition) is 4. The predicted octanol–water partition coefficient (Wildman–Crippen LogP) is 3.45. The SMILES string of the molecule is O=C(CCc1csc(-c2ccncc2)n1)NCc1ccccc1. The molecular formula is C18H17N3OS. The Bertz CT molecular complexity index is 756. The van der Waals surface area contributed by atoms with Gasteiger partial charge in [-0.05, 0) is 24.1 Å². The molecule has 0 fully saturated rings. The average Bonchev–Trinajstić information content (AvgIpc) is 3.09. The van der Waals surface area contributed by atoms with Gasteiger partial charge in [-0.3, -0.25) is 9.78 Å². The summed E-state index contributed by atoms with van der Waals surface area (Å²) in [6.45, 7) is 0.568.